The molecule has 162 valence electrons. The topological polar surface area (TPSA) is 62.1 Å². The zero-order chi connectivity index (χ0) is 23.3. The number of ether oxygens (including phenoxy) is 1. The van der Waals surface area contributed by atoms with E-state index in [-0.39, 0.29) is 12.2 Å². The maximum Gasteiger partial charge on any atom is 0.266 e. The van der Waals surface area contributed by atoms with E-state index >= 15 is 0 Å². The van der Waals surface area contributed by atoms with Crippen LogP contribution in [-0.2, 0) is 11.4 Å². The van der Waals surface area contributed by atoms with Gasteiger partial charge in [0.1, 0.15) is 24.0 Å². The second kappa shape index (κ2) is 11.0. The lowest BCUT2D eigenvalue weighted by atomic mass is 10.1. The zero-order valence-electron chi connectivity index (χ0n) is 16.8. The predicted octanol–water partition coefficient (Wildman–Crippen LogP) is 7.95. The number of anilines is 1. The quantitative estimate of drug-likeness (QED) is 0.233. The lowest BCUT2D eigenvalue weighted by Crippen LogP contribution is -2.13. The first-order valence-electron chi connectivity index (χ1n) is 9.32. The van der Waals surface area contributed by atoms with Gasteiger partial charge >= 0.3 is 0 Å². The van der Waals surface area contributed by atoms with Crippen LogP contribution in [0.3, 0.4) is 0 Å². The SMILES string of the molecule is Cc1cccc(NC(=O)/C(C#N)=C/c2cc(Br)cc(Br)c2OCc2ccc(Cl)cc2Cl)c1. The van der Waals surface area contributed by atoms with Crippen LogP contribution in [0.5, 0.6) is 5.75 Å². The van der Waals surface area contributed by atoms with E-state index in [0.717, 1.165) is 15.6 Å². The summed E-state index contributed by atoms with van der Waals surface area (Å²) in [6, 6.07) is 18.0. The minimum Gasteiger partial charge on any atom is -0.487 e. The molecule has 0 saturated heterocycles. The second-order valence-electron chi connectivity index (χ2n) is 6.82. The molecule has 0 aromatic heterocycles. The van der Waals surface area contributed by atoms with Gasteiger partial charge in [-0.05, 0) is 70.9 Å². The van der Waals surface area contributed by atoms with Gasteiger partial charge in [0.25, 0.3) is 5.91 Å². The average molecular weight is 595 g/mol. The molecule has 1 amide bonds. The Balaban J connectivity index is 1.90. The Kier molecular flexibility index (Phi) is 8.38. The number of nitrogens with one attached hydrogen (secondary N) is 1. The van der Waals surface area contributed by atoms with E-state index in [2.05, 4.69) is 37.2 Å². The number of halogens is 4. The van der Waals surface area contributed by atoms with E-state index in [0.29, 0.717) is 31.5 Å². The molecule has 0 spiro atoms. The largest absolute Gasteiger partial charge is 0.487 e. The first-order chi connectivity index (χ1) is 15.3. The Morgan fingerprint density at radius 2 is 1.94 bits per heavy atom. The van der Waals surface area contributed by atoms with Crippen LogP contribution in [-0.4, -0.2) is 5.91 Å². The maximum absolute atomic E-state index is 12.7. The minimum absolute atomic E-state index is 0.0640. The van der Waals surface area contributed by atoms with Crippen molar-refractivity contribution in [2.75, 3.05) is 5.32 Å². The number of nitriles is 1. The molecule has 3 aromatic rings. The molecule has 0 radical (unpaired) electrons. The molecule has 0 bridgehead atoms. The third-order valence-electron chi connectivity index (χ3n) is 4.37. The summed E-state index contributed by atoms with van der Waals surface area (Å²) in [5.41, 5.74) is 2.84. The van der Waals surface area contributed by atoms with Crippen molar-refractivity contribution in [3.8, 4) is 11.8 Å². The highest BCUT2D eigenvalue weighted by molar-refractivity contribution is 9.11. The van der Waals surface area contributed by atoms with Crippen LogP contribution in [0.25, 0.3) is 6.08 Å². The van der Waals surface area contributed by atoms with Crippen molar-refractivity contribution >= 4 is 72.7 Å². The summed E-state index contributed by atoms with van der Waals surface area (Å²) in [5.74, 6) is -0.0452. The number of rotatable bonds is 6. The first kappa shape index (κ1) is 24.3. The molecule has 0 heterocycles. The molecule has 0 aliphatic rings. The molecule has 0 aliphatic carbocycles. The molecule has 3 rings (SSSR count). The Labute approximate surface area is 213 Å². The summed E-state index contributed by atoms with van der Waals surface area (Å²) >= 11 is 19.1. The van der Waals surface area contributed by atoms with Gasteiger partial charge in [0, 0.05) is 31.3 Å². The van der Waals surface area contributed by atoms with Gasteiger partial charge in [0.2, 0.25) is 0 Å². The Morgan fingerprint density at radius 1 is 1.16 bits per heavy atom. The number of carbonyl (C=O) groups is 1. The molecular weight excluding hydrogens is 579 g/mol. The maximum atomic E-state index is 12.7. The van der Waals surface area contributed by atoms with E-state index in [1.807, 2.05) is 37.3 Å². The highest BCUT2D eigenvalue weighted by Crippen LogP contribution is 2.35. The molecule has 0 saturated carbocycles. The second-order valence-corrected chi connectivity index (χ2v) is 9.44. The molecule has 4 nitrogen and oxygen atoms in total. The van der Waals surface area contributed by atoms with E-state index in [1.165, 1.54) is 6.08 Å². The van der Waals surface area contributed by atoms with Gasteiger partial charge in [-0.25, -0.2) is 0 Å². The van der Waals surface area contributed by atoms with Crippen LogP contribution in [0.1, 0.15) is 16.7 Å². The normalized spacial score (nSPS) is 11.1. The summed E-state index contributed by atoms with van der Waals surface area (Å²) in [5, 5.41) is 13.4. The summed E-state index contributed by atoms with van der Waals surface area (Å²) in [4.78, 5) is 12.7. The van der Waals surface area contributed by atoms with Gasteiger partial charge < -0.3 is 10.1 Å². The van der Waals surface area contributed by atoms with Crippen molar-refractivity contribution in [1.29, 1.82) is 5.26 Å². The van der Waals surface area contributed by atoms with Crippen LogP contribution in [0.15, 0.2) is 69.1 Å². The zero-order valence-corrected chi connectivity index (χ0v) is 21.4. The minimum atomic E-state index is -0.513. The van der Waals surface area contributed by atoms with Crippen LogP contribution in [0, 0.1) is 18.3 Å². The summed E-state index contributed by atoms with van der Waals surface area (Å²) < 4.78 is 7.41. The Hall–Kier alpha value is -2.30. The molecule has 8 heteroatoms. The van der Waals surface area contributed by atoms with Crippen LogP contribution in [0.2, 0.25) is 10.0 Å². The molecule has 0 atom stereocenters. The average Bonchev–Trinajstić information content (AvgIpc) is 2.72. The predicted molar refractivity (Wildman–Crippen MR) is 136 cm³/mol. The van der Waals surface area contributed by atoms with Gasteiger partial charge in [0.15, 0.2) is 0 Å². The fourth-order valence-electron chi connectivity index (χ4n) is 2.85. The molecular formula is C24H16Br2Cl2N2O2. The van der Waals surface area contributed by atoms with Crippen LogP contribution in [0.4, 0.5) is 5.69 Å². The van der Waals surface area contributed by atoms with Crippen molar-refractivity contribution in [2.45, 2.75) is 13.5 Å². The third-order valence-corrected chi connectivity index (χ3v) is 6.00. The lowest BCUT2D eigenvalue weighted by molar-refractivity contribution is -0.112. The van der Waals surface area contributed by atoms with E-state index in [4.69, 9.17) is 27.9 Å². The molecule has 0 aliphatic heterocycles. The van der Waals surface area contributed by atoms with Crippen molar-refractivity contribution in [2.24, 2.45) is 0 Å². The van der Waals surface area contributed by atoms with E-state index in [1.54, 1.807) is 30.3 Å². The highest BCUT2D eigenvalue weighted by Gasteiger charge is 2.15. The summed E-state index contributed by atoms with van der Waals surface area (Å²) in [7, 11) is 0. The fraction of sp³-hybridized carbons (Fsp3) is 0.0833. The van der Waals surface area contributed by atoms with Gasteiger partial charge in [-0.15, -0.1) is 0 Å². The monoisotopic (exact) mass is 592 g/mol. The van der Waals surface area contributed by atoms with Crippen LogP contribution < -0.4 is 10.1 Å². The van der Waals surface area contributed by atoms with Crippen LogP contribution >= 0.6 is 55.1 Å². The number of benzene rings is 3. The standard InChI is InChI=1S/C24H16Br2Cl2N2O2/c1-14-3-2-4-20(7-14)30-24(31)17(12-29)8-16-9-18(25)10-21(26)23(16)32-13-15-5-6-19(27)11-22(15)28/h2-11H,13H2,1H3,(H,30,31)/b17-8+. The third kappa shape index (κ3) is 6.36. The number of nitrogens with zero attached hydrogens (tertiary/aromatic N) is 1. The Morgan fingerprint density at radius 3 is 2.62 bits per heavy atom. The van der Waals surface area contributed by atoms with E-state index in [9.17, 15) is 10.1 Å². The highest BCUT2D eigenvalue weighted by atomic mass is 79.9. The van der Waals surface area contributed by atoms with Crippen molar-refractivity contribution in [1.82, 2.24) is 0 Å². The molecule has 0 unspecified atom stereocenters. The molecule has 32 heavy (non-hydrogen) atoms. The lowest BCUT2D eigenvalue weighted by Gasteiger charge is -2.14. The first-order valence-corrected chi connectivity index (χ1v) is 11.7. The molecule has 1 N–H and O–H groups in total. The Bertz CT molecular complexity index is 1250. The van der Waals surface area contributed by atoms with Crippen molar-refractivity contribution < 1.29 is 9.53 Å². The number of aryl methyl sites for hydroxylation is 1. The van der Waals surface area contributed by atoms with Crippen molar-refractivity contribution in [3.63, 3.8) is 0 Å². The number of carbonyl (C=O) groups excluding carboxylic acids is 1. The van der Waals surface area contributed by atoms with Gasteiger partial charge in [-0.3, -0.25) is 4.79 Å². The summed E-state index contributed by atoms with van der Waals surface area (Å²) in [6.45, 7) is 2.10. The van der Waals surface area contributed by atoms with Gasteiger partial charge in [0.05, 0.1) is 4.47 Å². The van der Waals surface area contributed by atoms with Crippen molar-refractivity contribution in [3.05, 3.63) is 95.9 Å². The summed E-state index contributed by atoms with van der Waals surface area (Å²) in [6.07, 6.45) is 1.49. The number of hydrogen-bond donors (Lipinski definition) is 1. The smallest absolute Gasteiger partial charge is 0.266 e. The number of amides is 1. The van der Waals surface area contributed by atoms with Gasteiger partial charge in [-0.1, -0.05) is 57.3 Å². The fourth-order valence-corrected chi connectivity index (χ4v) is 4.69. The van der Waals surface area contributed by atoms with E-state index < -0.39 is 5.91 Å². The molecule has 3 aromatic carbocycles. The number of hydrogen-bond acceptors (Lipinski definition) is 3. The molecule has 0 fully saturated rings. The van der Waals surface area contributed by atoms with Gasteiger partial charge in [-0.2, -0.15) is 5.26 Å².